The summed E-state index contributed by atoms with van der Waals surface area (Å²) in [4.78, 5) is 12.0. The molecule has 0 saturated carbocycles. The highest BCUT2D eigenvalue weighted by Gasteiger charge is 2.12. The van der Waals surface area contributed by atoms with Gasteiger partial charge in [0.25, 0.3) is 0 Å². The van der Waals surface area contributed by atoms with Crippen LogP contribution in [0.1, 0.15) is 29.6 Å². The van der Waals surface area contributed by atoms with E-state index in [1.807, 2.05) is 32.4 Å². The highest BCUT2D eigenvalue weighted by molar-refractivity contribution is 9.10. The molecule has 0 aliphatic carbocycles. The largest absolute Gasteiger partial charge is 0.350 e. The van der Waals surface area contributed by atoms with E-state index in [1.54, 1.807) is 10.9 Å². The SMILES string of the molecule is CCn1ncc(CNC(=O)Cn2nc(C)c(Br)c2C)c1C. The molecule has 0 aliphatic rings. The molecule has 7 heteroatoms. The van der Waals surface area contributed by atoms with Gasteiger partial charge in [-0.15, -0.1) is 0 Å². The van der Waals surface area contributed by atoms with E-state index in [-0.39, 0.29) is 12.5 Å². The zero-order valence-electron chi connectivity index (χ0n) is 12.8. The molecule has 0 aliphatic heterocycles. The van der Waals surface area contributed by atoms with Crippen LogP contribution in [0, 0.1) is 20.8 Å². The number of aryl methyl sites for hydroxylation is 2. The Morgan fingerprint density at radius 2 is 2.00 bits per heavy atom. The van der Waals surface area contributed by atoms with Crippen LogP contribution in [-0.4, -0.2) is 25.5 Å². The van der Waals surface area contributed by atoms with Gasteiger partial charge in [0.05, 0.1) is 22.1 Å². The molecule has 0 fully saturated rings. The molecular formula is C14H20BrN5O. The minimum Gasteiger partial charge on any atom is -0.350 e. The van der Waals surface area contributed by atoms with Gasteiger partial charge in [0, 0.05) is 24.3 Å². The fourth-order valence-corrected chi connectivity index (χ4v) is 2.48. The molecule has 2 rings (SSSR count). The summed E-state index contributed by atoms with van der Waals surface area (Å²) in [7, 11) is 0. The Morgan fingerprint density at radius 3 is 2.52 bits per heavy atom. The highest BCUT2D eigenvalue weighted by Crippen LogP contribution is 2.19. The minimum absolute atomic E-state index is 0.0586. The first-order valence-corrected chi connectivity index (χ1v) is 7.70. The number of nitrogens with one attached hydrogen (secondary N) is 1. The first kappa shape index (κ1) is 15.8. The summed E-state index contributed by atoms with van der Waals surface area (Å²) in [5, 5.41) is 11.5. The van der Waals surface area contributed by atoms with Crippen molar-refractivity contribution in [1.82, 2.24) is 24.9 Å². The Balaban J connectivity index is 1.96. The zero-order valence-corrected chi connectivity index (χ0v) is 14.4. The van der Waals surface area contributed by atoms with Gasteiger partial charge in [0.1, 0.15) is 6.54 Å². The molecule has 1 amide bonds. The third-order valence-electron chi connectivity index (χ3n) is 3.57. The molecule has 2 aromatic heterocycles. The lowest BCUT2D eigenvalue weighted by Crippen LogP contribution is -2.28. The predicted molar refractivity (Wildman–Crippen MR) is 83.9 cm³/mol. The number of halogens is 1. The molecule has 0 atom stereocenters. The zero-order chi connectivity index (χ0) is 15.6. The van der Waals surface area contributed by atoms with Gasteiger partial charge >= 0.3 is 0 Å². The van der Waals surface area contributed by atoms with E-state index in [9.17, 15) is 4.79 Å². The highest BCUT2D eigenvalue weighted by atomic mass is 79.9. The second-order valence-electron chi connectivity index (χ2n) is 4.99. The second kappa shape index (κ2) is 6.43. The van der Waals surface area contributed by atoms with Crippen LogP contribution in [-0.2, 0) is 24.4 Å². The topological polar surface area (TPSA) is 64.7 Å². The fraction of sp³-hybridized carbons (Fsp3) is 0.500. The van der Waals surface area contributed by atoms with E-state index in [2.05, 4.69) is 31.4 Å². The molecule has 114 valence electrons. The standard InChI is InChI=1S/C14H20BrN5O/c1-5-19-10(3)12(7-17-19)6-16-13(21)8-20-11(4)14(15)9(2)18-20/h7H,5-6,8H2,1-4H3,(H,16,21). The molecule has 0 bridgehead atoms. The number of nitrogens with zero attached hydrogens (tertiary/aromatic N) is 4. The van der Waals surface area contributed by atoms with Crippen LogP contribution in [0.2, 0.25) is 0 Å². The number of hydrogen-bond acceptors (Lipinski definition) is 3. The molecule has 0 unspecified atom stereocenters. The smallest absolute Gasteiger partial charge is 0.242 e. The van der Waals surface area contributed by atoms with Gasteiger partial charge in [-0.05, 0) is 43.6 Å². The monoisotopic (exact) mass is 353 g/mol. The van der Waals surface area contributed by atoms with Crippen LogP contribution >= 0.6 is 15.9 Å². The maximum Gasteiger partial charge on any atom is 0.242 e. The Labute approximate surface area is 132 Å². The average molecular weight is 354 g/mol. The molecule has 1 N–H and O–H groups in total. The fourth-order valence-electron chi connectivity index (χ4n) is 2.19. The van der Waals surface area contributed by atoms with Gasteiger partial charge in [-0.2, -0.15) is 10.2 Å². The Morgan fingerprint density at radius 1 is 1.29 bits per heavy atom. The van der Waals surface area contributed by atoms with Gasteiger partial charge < -0.3 is 5.32 Å². The minimum atomic E-state index is -0.0586. The lowest BCUT2D eigenvalue weighted by Gasteiger charge is -2.07. The lowest BCUT2D eigenvalue weighted by molar-refractivity contribution is -0.122. The number of hydrogen-bond donors (Lipinski definition) is 1. The summed E-state index contributed by atoms with van der Waals surface area (Å²) in [6.07, 6.45) is 1.80. The van der Waals surface area contributed by atoms with Crippen molar-refractivity contribution in [2.24, 2.45) is 0 Å². The first-order chi connectivity index (χ1) is 9.93. The summed E-state index contributed by atoms with van der Waals surface area (Å²) in [5.74, 6) is -0.0586. The summed E-state index contributed by atoms with van der Waals surface area (Å²) in [6, 6.07) is 0. The van der Waals surface area contributed by atoms with Crippen molar-refractivity contribution in [3.63, 3.8) is 0 Å². The van der Waals surface area contributed by atoms with Crippen LogP contribution in [0.15, 0.2) is 10.7 Å². The maximum atomic E-state index is 12.0. The maximum absolute atomic E-state index is 12.0. The van der Waals surface area contributed by atoms with Crippen molar-refractivity contribution in [2.45, 2.75) is 47.3 Å². The third kappa shape index (κ3) is 3.34. The molecule has 2 heterocycles. The quantitative estimate of drug-likeness (QED) is 0.894. The Bertz CT molecular complexity index is 659. The molecule has 21 heavy (non-hydrogen) atoms. The van der Waals surface area contributed by atoms with E-state index in [0.717, 1.165) is 33.7 Å². The van der Waals surface area contributed by atoms with E-state index in [1.165, 1.54) is 0 Å². The summed E-state index contributed by atoms with van der Waals surface area (Å²) < 4.78 is 4.58. The van der Waals surface area contributed by atoms with Crippen LogP contribution in [0.25, 0.3) is 0 Å². The second-order valence-corrected chi connectivity index (χ2v) is 5.78. The van der Waals surface area contributed by atoms with Crippen LogP contribution < -0.4 is 5.32 Å². The first-order valence-electron chi connectivity index (χ1n) is 6.91. The summed E-state index contributed by atoms with van der Waals surface area (Å²) >= 11 is 3.46. The number of amides is 1. The van der Waals surface area contributed by atoms with Gasteiger partial charge in [-0.1, -0.05) is 0 Å². The van der Waals surface area contributed by atoms with Crippen molar-refractivity contribution in [3.05, 3.63) is 33.3 Å². The summed E-state index contributed by atoms with van der Waals surface area (Å²) in [5.41, 5.74) is 3.98. The van der Waals surface area contributed by atoms with Crippen molar-refractivity contribution in [3.8, 4) is 0 Å². The number of rotatable bonds is 5. The molecule has 0 radical (unpaired) electrons. The van der Waals surface area contributed by atoms with Gasteiger partial charge in [0.15, 0.2) is 0 Å². The van der Waals surface area contributed by atoms with Crippen molar-refractivity contribution >= 4 is 21.8 Å². The van der Waals surface area contributed by atoms with Crippen molar-refractivity contribution in [1.29, 1.82) is 0 Å². The Hall–Kier alpha value is -1.63. The van der Waals surface area contributed by atoms with Gasteiger partial charge in [-0.25, -0.2) is 0 Å². The van der Waals surface area contributed by atoms with Crippen molar-refractivity contribution in [2.75, 3.05) is 0 Å². The van der Waals surface area contributed by atoms with E-state index >= 15 is 0 Å². The number of carbonyl (C=O) groups is 1. The number of carbonyl (C=O) groups excluding carboxylic acids is 1. The lowest BCUT2D eigenvalue weighted by atomic mass is 10.2. The van der Waals surface area contributed by atoms with Gasteiger partial charge in [-0.3, -0.25) is 14.2 Å². The van der Waals surface area contributed by atoms with E-state index in [0.29, 0.717) is 6.54 Å². The average Bonchev–Trinajstić information content (AvgIpc) is 2.92. The molecule has 0 aromatic carbocycles. The third-order valence-corrected chi connectivity index (χ3v) is 4.71. The van der Waals surface area contributed by atoms with Crippen molar-refractivity contribution < 1.29 is 4.79 Å². The molecule has 0 spiro atoms. The normalized spacial score (nSPS) is 10.9. The molecular weight excluding hydrogens is 334 g/mol. The molecule has 2 aromatic rings. The van der Waals surface area contributed by atoms with Crippen LogP contribution in [0.4, 0.5) is 0 Å². The molecule has 6 nitrogen and oxygen atoms in total. The number of aromatic nitrogens is 4. The van der Waals surface area contributed by atoms with E-state index in [4.69, 9.17) is 0 Å². The van der Waals surface area contributed by atoms with Crippen LogP contribution in [0.3, 0.4) is 0 Å². The predicted octanol–water partition coefficient (Wildman–Crippen LogP) is 2.10. The van der Waals surface area contributed by atoms with E-state index < -0.39 is 0 Å². The Kier molecular flexibility index (Phi) is 4.82. The summed E-state index contributed by atoms with van der Waals surface area (Å²) in [6.45, 7) is 9.45. The van der Waals surface area contributed by atoms with Crippen LogP contribution in [0.5, 0.6) is 0 Å². The van der Waals surface area contributed by atoms with Gasteiger partial charge in [0.2, 0.25) is 5.91 Å². The molecule has 0 saturated heterocycles.